The predicted octanol–water partition coefficient (Wildman–Crippen LogP) is 3.75. The summed E-state index contributed by atoms with van der Waals surface area (Å²) in [5, 5.41) is 14.2. The van der Waals surface area contributed by atoms with E-state index < -0.39 is 33.4 Å². The van der Waals surface area contributed by atoms with Crippen LogP contribution < -0.4 is 9.62 Å². The van der Waals surface area contributed by atoms with E-state index in [1.165, 1.54) is 17.0 Å². The molecule has 0 heterocycles. The number of nitro benzene ring substituents is 1. The number of hydrogen-bond donors (Lipinski definition) is 1. The lowest BCUT2D eigenvalue weighted by Crippen LogP contribution is -2.53. The van der Waals surface area contributed by atoms with Gasteiger partial charge in [0, 0.05) is 31.6 Å². The van der Waals surface area contributed by atoms with Crippen LogP contribution >= 0.6 is 0 Å². The van der Waals surface area contributed by atoms with E-state index in [1.54, 1.807) is 13.8 Å². The van der Waals surface area contributed by atoms with E-state index >= 15 is 0 Å². The molecule has 3 rings (SSSR count). The van der Waals surface area contributed by atoms with Crippen molar-refractivity contribution in [2.24, 2.45) is 0 Å². The number of hydrogen-bond acceptors (Lipinski definition) is 6. The number of amides is 2. The standard InChI is InChI=1S/C29H34N4O6S/c1-5-30-29(35)27(17-23-9-7-6-8-10-23)31(19-24-14-11-21(2)12-15-24)28(34)20-32(40(4,38)39)26-18-25(33(36)37)16-13-22(26)3/h6-16,18,27H,5,17,19-20H2,1-4H3,(H,30,35). The molecule has 3 aromatic rings. The summed E-state index contributed by atoms with van der Waals surface area (Å²) in [6.07, 6.45) is 1.15. The van der Waals surface area contributed by atoms with Crippen LogP contribution in [0.25, 0.3) is 0 Å². The second-order valence-electron chi connectivity index (χ2n) is 9.60. The number of non-ortho nitro benzene ring substituents is 1. The molecular weight excluding hydrogens is 532 g/mol. The minimum atomic E-state index is -4.04. The summed E-state index contributed by atoms with van der Waals surface area (Å²) in [5.74, 6) is -0.992. The maximum Gasteiger partial charge on any atom is 0.271 e. The third-order valence-electron chi connectivity index (χ3n) is 6.45. The molecule has 0 saturated carbocycles. The summed E-state index contributed by atoms with van der Waals surface area (Å²) in [7, 11) is -4.04. The third-order valence-corrected chi connectivity index (χ3v) is 7.57. The van der Waals surface area contributed by atoms with Crippen molar-refractivity contribution in [3.8, 4) is 0 Å². The van der Waals surface area contributed by atoms with Gasteiger partial charge in [-0.1, -0.05) is 66.2 Å². The van der Waals surface area contributed by atoms with Crippen LogP contribution in [0.15, 0.2) is 72.8 Å². The number of likely N-dealkylation sites (N-methyl/N-ethyl adjacent to an activating group) is 1. The van der Waals surface area contributed by atoms with Crippen LogP contribution in [0.5, 0.6) is 0 Å². The Labute approximate surface area is 234 Å². The number of nitro groups is 1. The molecule has 0 aliphatic rings. The van der Waals surface area contributed by atoms with Gasteiger partial charge in [-0.2, -0.15) is 0 Å². The first-order chi connectivity index (χ1) is 18.9. The molecule has 40 heavy (non-hydrogen) atoms. The summed E-state index contributed by atoms with van der Waals surface area (Å²) in [6.45, 7) is 5.08. The molecule has 11 heteroatoms. The van der Waals surface area contributed by atoms with E-state index in [9.17, 15) is 28.1 Å². The highest BCUT2D eigenvalue weighted by atomic mass is 32.2. The number of rotatable bonds is 12. The maximum atomic E-state index is 14.0. The summed E-state index contributed by atoms with van der Waals surface area (Å²) in [4.78, 5) is 39.5. The van der Waals surface area contributed by atoms with Gasteiger partial charge in [0.1, 0.15) is 12.6 Å². The average Bonchev–Trinajstić information content (AvgIpc) is 2.90. The maximum absolute atomic E-state index is 14.0. The number of benzene rings is 3. The molecule has 0 bridgehead atoms. The molecule has 2 amide bonds. The summed E-state index contributed by atoms with van der Waals surface area (Å²) in [5.41, 5.74) is 2.78. The van der Waals surface area contributed by atoms with Crippen LogP contribution in [0.2, 0.25) is 0 Å². The van der Waals surface area contributed by atoms with Crippen molar-refractivity contribution >= 4 is 33.2 Å². The average molecular weight is 567 g/mol. The third kappa shape index (κ3) is 7.89. The molecular formula is C29H34N4O6S. The van der Waals surface area contributed by atoms with Gasteiger partial charge in [-0.3, -0.25) is 24.0 Å². The Bertz CT molecular complexity index is 1460. The lowest BCUT2D eigenvalue weighted by atomic mass is 10.0. The summed E-state index contributed by atoms with van der Waals surface area (Å²) >= 11 is 0. The Morgan fingerprint density at radius 3 is 2.20 bits per heavy atom. The molecule has 212 valence electrons. The molecule has 3 aromatic carbocycles. The van der Waals surface area contributed by atoms with Crippen molar-refractivity contribution in [3.63, 3.8) is 0 Å². The molecule has 0 saturated heterocycles. The number of sulfonamides is 1. The van der Waals surface area contributed by atoms with Crippen LogP contribution in [-0.4, -0.2) is 55.4 Å². The Morgan fingerprint density at radius 2 is 1.62 bits per heavy atom. The van der Waals surface area contributed by atoms with Gasteiger partial charge < -0.3 is 10.2 Å². The normalized spacial score (nSPS) is 11.9. The Morgan fingerprint density at radius 1 is 0.975 bits per heavy atom. The van der Waals surface area contributed by atoms with Crippen LogP contribution in [0.1, 0.15) is 29.2 Å². The van der Waals surface area contributed by atoms with Gasteiger partial charge in [-0.25, -0.2) is 8.42 Å². The highest BCUT2D eigenvalue weighted by molar-refractivity contribution is 7.92. The first-order valence-electron chi connectivity index (χ1n) is 12.8. The summed E-state index contributed by atoms with van der Waals surface area (Å²) in [6, 6.07) is 19.7. The van der Waals surface area contributed by atoms with Gasteiger partial charge in [0.25, 0.3) is 5.69 Å². The van der Waals surface area contributed by atoms with Gasteiger partial charge in [-0.15, -0.1) is 0 Å². The van der Waals surface area contributed by atoms with Gasteiger partial charge in [0.2, 0.25) is 21.8 Å². The predicted molar refractivity (Wildman–Crippen MR) is 154 cm³/mol. The van der Waals surface area contributed by atoms with Crippen molar-refractivity contribution in [2.75, 3.05) is 23.7 Å². The van der Waals surface area contributed by atoms with Gasteiger partial charge in [0.05, 0.1) is 16.9 Å². The fraction of sp³-hybridized carbons (Fsp3) is 0.310. The molecule has 0 spiro atoms. The fourth-order valence-electron chi connectivity index (χ4n) is 4.31. The number of nitrogens with zero attached hydrogens (tertiary/aromatic N) is 3. The second-order valence-corrected chi connectivity index (χ2v) is 11.5. The van der Waals surface area contributed by atoms with Crippen molar-refractivity contribution in [2.45, 2.75) is 39.8 Å². The molecule has 1 N–H and O–H groups in total. The zero-order valence-corrected chi connectivity index (χ0v) is 23.8. The largest absolute Gasteiger partial charge is 0.355 e. The molecule has 10 nitrogen and oxygen atoms in total. The molecule has 0 aliphatic carbocycles. The second kappa shape index (κ2) is 13.2. The van der Waals surface area contributed by atoms with Crippen molar-refractivity contribution in [3.05, 3.63) is 105 Å². The molecule has 0 aromatic heterocycles. The van der Waals surface area contributed by atoms with Gasteiger partial charge >= 0.3 is 0 Å². The van der Waals surface area contributed by atoms with Crippen LogP contribution in [0, 0.1) is 24.0 Å². The highest BCUT2D eigenvalue weighted by Gasteiger charge is 2.33. The Kier molecular flexibility index (Phi) is 10.0. The monoisotopic (exact) mass is 566 g/mol. The number of aryl methyl sites for hydroxylation is 2. The zero-order valence-electron chi connectivity index (χ0n) is 23.0. The number of carbonyl (C=O) groups excluding carboxylic acids is 2. The molecule has 1 unspecified atom stereocenters. The van der Waals surface area contributed by atoms with Crippen molar-refractivity contribution in [1.29, 1.82) is 0 Å². The van der Waals surface area contributed by atoms with E-state index in [1.807, 2.05) is 61.5 Å². The first-order valence-corrected chi connectivity index (χ1v) is 14.6. The molecule has 0 fully saturated rings. The lowest BCUT2D eigenvalue weighted by Gasteiger charge is -2.33. The number of anilines is 1. The molecule has 1 atom stereocenters. The van der Waals surface area contributed by atoms with Crippen molar-refractivity contribution in [1.82, 2.24) is 10.2 Å². The Balaban J connectivity index is 2.08. The van der Waals surface area contributed by atoms with E-state index in [0.29, 0.717) is 12.1 Å². The van der Waals surface area contributed by atoms with Crippen LogP contribution in [0.4, 0.5) is 11.4 Å². The Hall–Kier alpha value is -4.25. The van der Waals surface area contributed by atoms with Gasteiger partial charge in [-0.05, 0) is 37.5 Å². The minimum Gasteiger partial charge on any atom is -0.355 e. The fourth-order valence-corrected chi connectivity index (χ4v) is 5.21. The van der Waals surface area contributed by atoms with E-state index in [2.05, 4.69) is 5.32 Å². The number of nitrogens with one attached hydrogen (secondary N) is 1. The lowest BCUT2D eigenvalue weighted by molar-refractivity contribution is -0.384. The smallest absolute Gasteiger partial charge is 0.271 e. The SMILES string of the molecule is CCNC(=O)C(Cc1ccccc1)N(Cc1ccc(C)cc1)C(=O)CN(c1cc([N+](=O)[O-])ccc1C)S(C)(=O)=O. The topological polar surface area (TPSA) is 130 Å². The van der Waals surface area contributed by atoms with Gasteiger partial charge in [0.15, 0.2) is 0 Å². The van der Waals surface area contributed by atoms with Crippen LogP contribution in [0.3, 0.4) is 0 Å². The quantitative estimate of drug-likeness (QED) is 0.263. The first kappa shape index (κ1) is 30.3. The summed E-state index contributed by atoms with van der Waals surface area (Å²) < 4.78 is 26.7. The van der Waals surface area contributed by atoms with E-state index in [4.69, 9.17) is 0 Å². The van der Waals surface area contributed by atoms with E-state index in [-0.39, 0.29) is 30.2 Å². The number of carbonyl (C=O) groups is 2. The zero-order chi connectivity index (χ0) is 29.4. The molecule has 0 aliphatic heterocycles. The van der Waals surface area contributed by atoms with Crippen molar-refractivity contribution < 1.29 is 22.9 Å². The van der Waals surface area contributed by atoms with Crippen LogP contribution in [-0.2, 0) is 32.6 Å². The minimum absolute atomic E-state index is 0.0259. The highest BCUT2D eigenvalue weighted by Crippen LogP contribution is 2.28. The van der Waals surface area contributed by atoms with E-state index in [0.717, 1.165) is 33.3 Å². The molecule has 0 radical (unpaired) electrons.